The molecule has 0 saturated heterocycles. The summed E-state index contributed by atoms with van der Waals surface area (Å²) in [5.41, 5.74) is 2.18. The zero-order valence-corrected chi connectivity index (χ0v) is 17.9. The maximum absolute atomic E-state index is 12.8. The largest absolute Gasteiger partial charge is 0.485 e. The third-order valence-electron chi connectivity index (χ3n) is 4.91. The van der Waals surface area contributed by atoms with Crippen molar-refractivity contribution < 1.29 is 23.6 Å². The number of carbonyl (C=O) groups is 1. The molecule has 0 N–H and O–H groups in total. The number of nitro benzene ring substituents is 1. The monoisotopic (exact) mass is 445 g/mol. The molecule has 0 aliphatic rings. The van der Waals surface area contributed by atoms with Crippen LogP contribution in [-0.2, 0) is 0 Å². The Morgan fingerprint density at radius 1 is 0.970 bits per heavy atom. The third-order valence-corrected chi connectivity index (χ3v) is 4.91. The Morgan fingerprint density at radius 2 is 1.67 bits per heavy atom. The van der Waals surface area contributed by atoms with Gasteiger partial charge in [0.05, 0.1) is 10.3 Å². The van der Waals surface area contributed by atoms with Gasteiger partial charge in [-0.15, -0.1) is 0 Å². The smallest absolute Gasteiger partial charge is 0.269 e. The highest BCUT2D eigenvalue weighted by Crippen LogP contribution is 2.25. The molecule has 0 saturated carbocycles. The predicted octanol–water partition coefficient (Wildman–Crippen LogP) is 5.37. The van der Waals surface area contributed by atoms with E-state index >= 15 is 0 Å². The molecule has 8 nitrogen and oxygen atoms in total. The summed E-state index contributed by atoms with van der Waals surface area (Å²) < 4.78 is 16.8. The first-order valence-corrected chi connectivity index (χ1v) is 10.0. The number of ketones is 1. The SMILES string of the molecule is Cc1cc(C)cc(Oc2coc3cc(OCC(=O)c4ccc([N+](=O)[O-])cc4)ccc3c2=O)c1. The zero-order valence-electron chi connectivity index (χ0n) is 17.9. The Hall–Kier alpha value is -4.46. The van der Waals surface area contributed by atoms with Crippen molar-refractivity contribution in [1.29, 1.82) is 0 Å². The van der Waals surface area contributed by atoms with Gasteiger partial charge in [-0.3, -0.25) is 19.7 Å². The van der Waals surface area contributed by atoms with Crippen molar-refractivity contribution in [2.75, 3.05) is 6.61 Å². The molecular formula is C25H19NO7. The van der Waals surface area contributed by atoms with E-state index in [9.17, 15) is 19.7 Å². The fraction of sp³-hybridized carbons (Fsp3) is 0.120. The van der Waals surface area contributed by atoms with E-state index < -0.39 is 4.92 Å². The number of benzene rings is 3. The number of carbonyl (C=O) groups excluding carboxylic acids is 1. The van der Waals surface area contributed by atoms with E-state index in [-0.39, 0.29) is 34.8 Å². The third kappa shape index (κ3) is 4.90. The molecule has 0 aliphatic heterocycles. The van der Waals surface area contributed by atoms with Crippen molar-refractivity contribution in [3.05, 3.63) is 104 Å². The Balaban J connectivity index is 1.49. The highest BCUT2D eigenvalue weighted by atomic mass is 16.6. The maximum atomic E-state index is 12.8. The minimum absolute atomic E-state index is 0.0644. The van der Waals surface area contributed by atoms with E-state index in [4.69, 9.17) is 13.9 Å². The molecule has 0 radical (unpaired) electrons. The van der Waals surface area contributed by atoms with E-state index in [2.05, 4.69) is 0 Å². The normalized spacial score (nSPS) is 10.7. The van der Waals surface area contributed by atoms with Crippen LogP contribution in [0.25, 0.3) is 11.0 Å². The lowest BCUT2D eigenvalue weighted by atomic mass is 10.1. The van der Waals surface area contributed by atoms with Crippen LogP contribution in [0.2, 0.25) is 0 Å². The Kier molecular flexibility index (Phi) is 5.91. The number of rotatable bonds is 7. The summed E-state index contributed by atoms with van der Waals surface area (Å²) in [5.74, 6) is 0.603. The topological polar surface area (TPSA) is 109 Å². The van der Waals surface area contributed by atoms with Gasteiger partial charge in [-0.25, -0.2) is 0 Å². The predicted molar refractivity (Wildman–Crippen MR) is 121 cm³/mol. The Bertz CT molecular complexity index is 1400. The number of nitro groups is 1. The summed E-state index contributed by atoms with van der Waals surface area (Å²) in [6.07, 6.45) is 1.24. The van der Waals surface area contributed by atoms with Crippen molar-refractivity contribution in [2.45, 2.75) is 13.8 Å². The number of nitrogens with zero attached hydrogens (tertiary/aromatic N) is 1. The van der Waals surface area contributed by atoms with E-state index in [0.29, 0.717) is 22.4 Å². The van der Waals surface area contributed by atoms with E-state index in [1.165, 1.54) is 36.6 Å². The van der Waals surface area contributed by atoms with Crippen LogP contribution in [0.3, 0.4) is 0 Å². The van der Waals surface area contributed by atoms with Crippen LogP contribution in [0.5, 0.6) is 17.2 Å². The van der Waals surface area contributed by atoms with Crippen molar-refractivity contribution >= 4 is 22.4 Å². The van der Waals surface area contributed by atoms with Gasteiger partial charge in [-0.2, -0.15) is 0 Å². The number of hydrogen-bond donors (Lipinski definition) is 0. The van der Waals surface area contributed by atoms with Gasteiger partial charge in [0.15, 0.2) is 12.4 Å². The first-order chi connectivity index (χ1) is 15.8. The average Bonchev–Trinajstić information content (AvgIpc) is 2.78. The quantitative estimate of drug-likeness (QED) is 0.214. The van der Waals surface area contributed by atoms with Crippen molar-refractivity contribution in [1.82, 2.24) is 0 Å². The molecule has 0 unspecified atom stereocenters. The molecular weight excluding hydrogens is 426 g/mol. The van der Waals surface area contributed by atoms with Crippen molar-refractivity contribution in [3.8, 4) is 17.2 Å². The molecule has 33 heavy (non-hydrogen) atoms. The van der Waals surface area contributed by atoms with Crippen LogP contribution in [0.1, 0.15) is 21.5 Å². The van der Waals surface area contributed by atoms with Gasteiger partial charge in [0.2, 0.25) is 11.2 Å². The van der Waals surface area contributed by atoms with Gasteiger partial charge in [0.25, 0.3) is 5.69 Å². The Morgan fingerprint density at radius 3 is 2.33 bits per heavy atom. The summed E-state index contributed by atoms with van der Waals surface area (Å²) in [5, 5.41) is 11.0. The molecule has 0 atom stereocenters. The molecule has 1 aromatic heterocycles. The first-order valence-electron chi connectivity index (χ1n) is 10.0. The molecule has 0 aliphatic carbocycles. The lowest BCUT2D eigenvalue weighted by molar-refractivity contribution is -0.384. The molecule has 0 bridgehead atoms. The van der Waals surface area contributed by atoms with Crippen LogP contribution >= 0.6 is 0 Å². The highest BCUT2D eigenvalue weighted by molar-refractivity contribution is 5.97. The minimum Gasteiger partial charge on any atom is -0.485 e. The molecule has 1 heterocycles. The molecule has 4 rings (SSSR count). The summed E-state index contributed by atoms with van der Waals surface area (Å²) in [6, 6.07) is 15.5. The first kappa shape index (κ1) is 21.8. The van der Waals surface area contributed by atoms with Gasteiger partial charge < -0.3 is 13.9 Å². The number of aryl methyl sites for hydroxylation is 2. The second kappa shape index (κ2) is 8.96. The van der Waals surface area contributed by atoms with Crippen molar-refractivity contribution in [2.24, 2.45) is 0 Å². The van der Waals surface area contributed by atoms with Gasteiger partial charge in [-0.05, 0) is 61.4 Å². The highest BCUT2D eigenvalue weighted by Gasteiger charge is 2.13. The summed E-state index contributed by atoms with van der Waals surface area (Å²) >= 11 is 0. The van der Waals surface area contributed by atoms with Crippen LogP contribution in [0, 0.1) is 24.0 Å². The summed E-state index contributed by atoms with van der Waals surface area (Å²) in [7, 11) is 0. The summed E-state index contributed by atoms with van der Waals surface area (Å²) in [6.45, 7) is 3.61. The standard InChI is InChI=1S/C25H19NO7/c1-15-9-16(2)11-20(10-15)33-24-14-32-23-12-19(7-8-21(23)25(24)28)31-13-22(27)17-3-5-18(6-4-17)26(29)30/h3-12,14H,13H2,1-2H3. The van der Waals surface area contributed by atoms with E-state index in [1.807, 2.05) is 32.0 Å². The van der Waals surface area contributed by atoms with Crippen LogP contribution in [0.15, 0.2) is 76.1 Å². The minimum atomic E-state index is -0.536. The number of fused-ring (bicyclic) bond motifs is 1. The van der Waals surface area contributed by atoms with Crippen LogP contribution < -0.4 is 14.9 Å². The molecule has 0 amide bonds. The van der Waals surface area contributed by atoms with E-state index in [1.54, 1.807) is 12.1 Å². The van der Waals surface area contributed by atoms with Gasteiger partial charge in [-0.1, -0.05) is 6.07 Å². The fourth-order valence-electron chi connectivity index (χ4n) is 3.37. The number of non-ortho nitro benzene ring substituents is 1. The zero-order chi connectivity index (χ0) is 23.5. The molecule has 166 valence electrons. The van der Waals surface area contributed by atoms with E-state index in [0.717, 1.165) is 11.1 Å². The number of hydrogen-bond acceptors (Lipinski definition) is 7. The van der Waals surface area contributed by atoms with Crippen molar-refractivity contribution in [3.63, 3.8) is 0 Å². The maximum Gasteiger partial charge on any atom is 0.269 e. The van der Waals surface area contributed by atoms with Crippen LogP contribution in [-0.4, -0.2) is 17.3 Å². The molecule has 0 fully saturated rings. The second-order valence-corrected chi connectivity index (χ2v) is 7.53. The van der Waals surface area contributed by atoms with Gasteiger partial charge in [0.1, 0.15) is 23.3 Å². The van der Waals surface area contributed by atoms with Gasteiger partial charge >= 0.3 is 0 Å². The molecule has 8 heteroatoms. The Labute approximate surface area is 188 Å². The molecule has 0 spiro atoms. The van der Waals surface area contributed by atoms with Gasteiger partial charge in [0, 0.05) is 23.8 Å². The summed E-state index contributed by atoms with van der Waals surface area (Å²) in [4.78, 5) is 35.3. The molecule has 3 aromatic carbocycles. The van der Waals surface area contributed by atoms with Crippen LogP contribution in [0.4, 0.5) is 5.69 Å². The number of ether oxygens (including phenoxy) is 2. The lowest BCUT2D eigenvalue weighted by Crippen LogP contribution is -2.11. The second-order valence-electron chi connectivity index (χ2n) is 7.53. The average molecular weight is 445 g/mol. The molecule has 4 aromatic rings. The number of Topliss-reactive ketones (excluding diaryl/α,β-unsaturated/α-hetero) is 1. The lowest BCUT2D eigenvalue weighted by Gasteiger charge is -2.09. The fourth-order valence-corrected chi connectivity index (χ4v) is 3.37.